The van der Waals surface area contributed by atoms with E-state index in [2.05, 4.69) is 33.8 Å². The summed E-state index contributed by atoms with van der Waals surface area (Å²) in [5, 5.41) is 9.03. The number of fused-ring (bicyclic) bond motifs is 2. The van der Waals surface area contributed by atoms with Gasteiger partial charge in [-0.15, -0.1) is 0 Å². The first-order valence-corrected chi connectivity index (χ1v) is 14.9. The number of likely N-dealkylation sites (tertiary alicyclic amines) is 1. The summed E-state index contributed by atoms with van der Waals surface area (Å²) in [7, 11) is 0. The fourth-order valence-corrected chi connectivity index (χ4v) is 7.26. The third kappa shape index (κ3) is 5.29. The zero-order valence-electron chi connectivity index (χ0n) is 24.4. The standard InChI is InChI=1S/C32H38F3N5O2/c1-4-42-28-18-22-17-23(32(33,34)35)9-10-24(22)29(28)40-16-15-39(20-21(40)2)31(3)11-13-38(14-12-31)30(41)26-19-36-37-27-8-6-5-7-25(26)27/h5-10,17,19,21,28-29H,4,11-16,18,20H2,1-3H3/t21-,28?,29?/m0/s1. The lowest BCUT2D eigenvalue weighted by atomic mass is 9.86. The quantitative estimate of drug-likeness (QED) is 0.405. The van der Waals surface area contributed by atoms with Gasteiger partial charge in [0.05, 0.1) is 35.0 Å². The van der Waals surface area contributed by atoms with Crippen LogP contribution < -0.4 is 0 Å². The van der Waals surface area contributed by atoms with Crippen molar-refractivity contribution in [2.24, 2.45) is 0 Å². The van der Waals surface area contributed by atoms with Gasteiger partial charge in [-0.2, -0.15) is 23.4 Å². The zero-order chi connectivity index (χ0) is 29.6. The molecule has 3 atom stereocenters. The molecule has 3 heterocycles. The van der Waals surface area contributed by atoms with Crippen LogP contribution in [0.15, 0.2) is 48.7 Å². The van der Waals surface area contributed by atoms with Crippen LogP contribution in [0.3, 0.4) is 0 Å². The van der Waals surface area contributed by atoms with Crippen LogP contribution in [0.5, 0.6) is 0 Å². The summed E-state index contributed by atoms with van der Waals surface area (Å²) >= 11 is 0. The maximum absolute atomic E-state index is 13.5. The van der Waals surface area contributed by atoms with Crippen LogP contribution in [0.4, 0.5) is 13.2 Å². The number of hydrogen-bond donors (Lipinski definition) is 0. The molecule has 1 aliphatic carbocycles. The van der Waals surface area contributed by atoms with Crippen LogP contribution in [0, 0.1) is 0 Å². The maximum Gasteiger partial charge on any atom is 0.416 e. The Kier molecular flexibility index (Phi) is 7.74. The minimum absolute atomic E-state index is 0.00289. The van der Waals surface area contributed by atoms with Gasteiger partial charge in [0, 0.05) is 62.7 Å². The third-order valence-corrected chi connectivity index (χ3v) is 9.65. The number of carbonyl (C=O) groups excluding carboxylic acids is 1. The second kappa shape index (κ2) is 11.2. The Bertz CT molecular complexity index is 1450. The van der Waals surface area contributed by atoms with Gasteiger partial charge in [0.25, 0.3) is 5.91 Å². The summed E-state index contributed by atoms with van der Waals surface area (Å²) in [4.78, 5) is 20.4. The van der Waals surface area contributed by atoms with Gasteiger partial charge in [0.15, 0.2) is 0 Å². The van der Waals surface area contributed by atoms with E-state index in [-0.39, 0.29) is 29.6 Å². The van der Waals surface area contributed by atoms with Gasteiger partial charge in [-0.1, -0.05) is 24.3 Å². The summed E-state index contributed by atoms with van der Waals surface area (Å²) in [5.74, 6) is -0.00289. The van der Waals surface area contributed by atoms with Crippen molar-refractivity contribution >= 4 is 16.8 Å². The number of rotatable bonds is 5. The van der Waals surface area contributed by atoms with Crippen molar-refractivity contribution in [3.05, 3.63) is 70.9 Å². The molecule has 0 spiro atoms. The lowest BCUT2D eigenvalue weighted by Crippen LogP contribution is -2.62. The van der Waals surface area contributed by atoms with Crippen LogP contribution >= 0.6 is 0 Å². The van der Waals surface area contributed by atoms with Crippen molar-refractivity contribution in [3.8, 4) is 0 Å². The molecule has 0 radical (unpaired) electrons. The Morgan fingerprint density at radius 3 is 2.57 bits per heavy atom. The number of amides is 1. The molecule has 3 aromatic rings. The first-order valence-electron chi connectivity index (χ1n) is 14.9. The molecule has 224 valence electrons. The molecular formula is C32H38F3N5O2. The molecular weight excluding hydrogens is 543 g/mol. The van der Waals surface area contributed by atoms with Crippen LogP contribution in [0.2, 0.25) is 0 Å². The fraction of sp³-hybridized carbons (Fsp3) is 0.531. The minimum Gasteiger partial charge on any atom is -0.376 e. The normalized spacial score (nSPS) is 25.1. The molecule has 42 heavy (non-hydrogen) atoms. The van der Waals surface area contributed by atoms with E-state index in [4.69, 9.17) is 4.74 Å². The molecule has 2 unspecified atom stereocenters. The van der Waals surface area contributed by atoms with E-state index in [0.29, 0.717) is 37.2 Å². The number of alkyl halides is 3. The predicted octanol–water partition coefficient (Wildman–Crippen LogP) is 5.35. The molecule has 2 aromatic carbocycles. The second-order valence-corrected chi connectivity index (χ2v) is 12.2. The number of nitrogens with zero attached hydrogens (tertiary/aromatic N) is 5. The molecule has 2 aliphatic heterocycles. The monoisotopic (exact) mass is 581 g/mol. The van der Waals surface area contributed by atoms with Crippen LogP contribution in [0.25, 0.3) is 10.9 Å². The van der Waals surface area contributed by atoms with Gasteiger partial charge in [0.2, 0.25) is 0 Å². The Balaban J connectivity index is 1.13. The van der Waals surface area contributed by atoms with E-state index in [1.807, 2.05) is 36.1 Å². The number of carbonyl (C=O) groups is 1. The molecule has 10 heteroatoms. The van der Waals surface area contributed by atoms with Crippen molar-refractivity contribution in [2.45, 2.75) is 69.9 Å². The minimum atomic E-state index is -4.36. The summed E-state index contributed by atoms with van der Waals surface area (Å²) < 4.78 is 46.3. The SMILES string of the molecule is CCOC1Cc2cc(C(F)(F)F)ccc2C1N1CCN(C2(C)CCN(C(=O)c3cnnc4ccccc34)CC2)C[C@@H]1C. The van der Waals surface area contributed by atoms with Crippen molar-refractivity contribution in [2.75, 3.05) is 39.3 Å². The Morgan fingerprint density at radius 1 is 1.10 bits per heavy atom. The molecule has 0 saturated carbocycles. The number of halogens is 3. The van der Waals surface area contributed by atoms with Crippen molar-refractivity contribution in [1.29, 1.82) is 0 Å². The van der Waals surface area contributed by atoms with Gasteiger partial charge in [-0.25, -0.2) is 0 Å². The summed E-state index contributed by atoms with van der Waals surface area (Å²) in [6.45, 7) is 10.8. The summed E-state index contributed by atoms with van der Waals surface area (Å²) in [6.07, 6.45) is -0.710. The summed E-state index contributed by atoms with van der Waals surface area (Å²) in [5.41, 5.74) is 2.37. The Hall–Kier alpha value is -3.08. The van der Waals surface area contributed by atoms with Gasteiger partial charge >= 0.3 is 6.18 Å². The molecule has 1 aromatic heterocycles. The number of aromatic nitrogens is 2. The van der Waals surface area contributed by atoms with Crippen molar-refractivity contribution < 1.29 is 22.7 Å². The van der Waals surface area contributed by atoms with Crippen molar-refractivity contribution in [1.82, 2.24) is 24.9 Å². The highest BCUT2D eigenvalue weighted by atomic mass is 19.4. The molecule has 1 amide bonds. The van der Waals surface area contributed by atoms with Crippen molar-refractivity contribution in [3.63, 3.8) is 0 Å². The highest BCUT2D eigenvalue weighted by Gasteiger charge is 2.45. The topological polar surface area (TPSA) is 61.8 Å². The van der Waals surface area contributed by atoms with E-state index >= 15 is 0 Å². The van der Waals surface area contributed by atoms with E-state index in [1.165, 1.54) is 12.1 Å². The second-order valence-electron chi connectivity index (χ2n) is 12.2. The predicted molar refractivity (Wildman–Crippen MR) is 154 cm³/mol. The lowest BCUT2D eigenvalue weighted by Gasteiger charge is -2.53. The van der Waals surface area contributed by atoms with E-state index in [1.54, 1.807) is 12.3 Å². The fourth-order valence-electron chi connectivity index (χ4n) is 7.26. The van der Waals surface area contributed by atoms with Gasteiger partial charge in [-0.3, -0.25) is 14.6 Å². The van der Waals surface area contributed by atoms with Gasteiger partial charge in [-0.05, 0) is 62.9 Å². The van der Waals surface area contributed by atoms with Crippen LogP contribution in [-0.2, 0) is 17.3 Å². The largest absolute Gasteiger partial charge is 0.416 e. The lowest BCUT2D eigenvalue weighted by molar-refractivity contribution is -0.137. The molecule has 0 N–H and O–H groups in total. The zero-order valence-corrected chi connectivity index (χ0v) is 24.4. The smallest absolute Gasteiger partial charge is 0.376 e. The first kappa shape index (κ1) is 29.0. The number of ether oxygens (including phenoxy) is 1. The van der Waals surface area contributed by atoms with Gasteiger partial charge < -0.3 is 9.64 Å². The van der Waals surface area contributed by atoms with Gasteiger partial charge in [0.1, 0.15) is 0 Å². The average molecular weight is 582 g/mol. The number of piperidine rings is 1. The molecule has 3 aliphatic rings. The maximum atomic E-state index is 13.5. The first-order chi connectivity index (χ1) is 20.1. The number of benzene rings is 2. The van der Waals surface area contributed by atoms with Crippen LogP contribution in [0.1, 0.15) is 66.7 Å². The molecule has 2 saturated heterocycles. The molecule has 0 bridgehead atoms. The Labute approximate surface area is 244 Å². The third-order valence-electron chi connectivity index (χ3n) is 9.65. The molecule has 6 rings (SSSR count). The van der Waals surface area contributed by atoms with Crippen LogP contribution in [-0.4, -0.2) is 87.8 Å². The number of piperazine rings is 1. The highest BCUT2D eigenvalue weighted by molar-refractivity contribution is 6.05. The Morgan fingerprint density at radius 2 is 1.86 bits per heavy atom. The van der Waals surface area contributed by atoms with E-state index in [0.717, 1.165) is 49.0 Å². The van der Waals surface area contributed by atoms with E-state index < -0.39 is 11.7 Å². The number of hydrogen-bond acceptors (Lipinski definition) is 6. The van der Waals surface area contributed by atoms with E-state index in [9.17, 15) is 18.0 Å². The highest BCUT2D eigenvalue weighted by Crippen LogP contribution is 2.43. The summed E-state index contributed by atoms with van der Waals surface area (Å²) in [6, 6.07) is 11.9. The molecule has 2 fully saturated rings. The molecule has 7 nitrogen and oxygen atoms in total. The average Bonchev–Trinajstić information content (AvgIpc) is 3.33.